The molecule has 0 spiro atoms. The molecule has 1 aromatic heterocycles. The normalized spacial score (nSPS) is 12.6. The minimum Gasteiger partial charge on any atom is -0.320 e. The number of para-hydroxylation sites is 1. The predicted octanol–water partition coefficient (Wildman–Crippen LogP) is 3.47. The van der Waals surface area contributed by atoms with Crippen LogP contribution >= 0.6 is 11.6 Å². The number of fused-ring (bicyclic) bond motifs is 1. The quantitative estimate of drug-likeness (QED) is 0.785. The number of halogens is 2. The number of benzene rings is 2. The number of aromatic nitrogens is 2. The van der Waals surface area contributed by atoms with E-state index in [0.29, 0.717) is 16.1 Å². The van der Waals surface area contributed by atoms with E-state index in [-0.39, 0.29) is 0 Å². The first-order chi connectivity index (χ1) is 9.66. The van der Waals surface area contributed by atoms with Crippen molar-refractivity contribution in [3.63, 3.8) is 0 Å². The average Bonchev–Trinajstić information content (AvgIpc) is 2.46. The SMILES string of the molecule is NC(c1ccc(Cl)cc1F)c1cccc2nccnc12. The van der Waals surface area contributed by atoms with Gasteiger partial charge in [-0.05, 0) is 18.2 Å². The molecule has 1 atom stereocenters. The summed E-state index contributed by atoms with van der Waals surface area (Å²) in [5.41, 5.74) is 8.71. The summed E-state index contributed by atoms with van der Waals surface area (Å²) in [5.74, 6) is -0.425. The molecule has 1 unspecified atom stereocenters. The van der Waals surface area contributed by atoms with Crippen LogP contribution in [-0.4, -0.2) is 9.97 Å². The van der Waals surface area contributed by atoms with E-state index < -0.39 is 11.9 Å². The number of hydrogen-bond acceptors (Lipinski definition) is 3. The van der Waals surface area contributed by atoms with E-state index >= 15 is 0 Å². The molecule has 2 N–H and O–H groups in total. The van der Waals surface area contributed by atoms with Gasteiger partial charge >= 0.3 is 0 Å². The second-order valence-corrected chi connectivity index (χ2v) is 4.85. The average molecular weight is 288 g/mol. The Hall–Kier alpha value is -2.04. The first-order valence-corrected chi connectivity index (χ1v) is 6.45. The van der Waals surface area contributed by atoms with Crippen LogP contribution in [0.1, 0.15) is 17.2 Å². The molecule has 0 radical (unpaired) electrons. The van der Waals surface area contributed by atoms with Crippen LogP contribution in [0.3, 0.4) is 0 Å². The van der Waals surface area contributed by atoms with Crippen LogP contribution in [0.15, 0.2) is 48.8 Å². The standard InChI is InChI=1S/C15H11ClFN3/c16-9-4-5-10(12(17)8-9)14(18)11-2-1-3-13-15(11)20-7-6-19-13/h1-8,14H,18H2. The summed E-state index contributed by atoms with van der Waals surface area (Å²) in [4.78, 5) is 8.51. The molecular weight excluding hydrogens is 277 g/mol. The third-order valence-corrected chi connectivity index (χ3v) is 3.40. The molecule has 2 aromatic carbocycles. The Morgan fingerprint density at radius 3 is 2.65 bits per heavy atom. The first kappa shape index (κ1) is 13.0. The molecule has 5 heteroatoms. The molecule has 1 heterocycles. The highest BCUT2D eigenvalue weighted by Gasteiger charge is 2.17. The van der Waals surface area contributed by atoms with Crippen LogP contribution in [0.25, 0.3) is 11.0 Å². The van der Waals surface area contributed by atoms with Gasteiger partial charge in [-0.2, -0.15) is 0 Å². The van der Waals surface area contributed by atoms with Gasteiger partial charge in [-0.3, -0.25) is 9.97 Å². The Kier molecular flexibility index (Phi) is 3.34. The predicted molar refractivity (Wildman–Crippen MR) is 77.0 cm³/mol. The van der Waals surface area contributed by atoms with E-state index in [0.717, 1.165) is 11.1 Å². The van der Waals surface area contributed by atoms with Gasteiger partial charge < -0.3 is 5.73 Å². The van der Waals surface area contributed by atoms with Gasteiger partial charge in [0.15, 0.2) is 0 Å². The Balaban J connectivity index is 2.15. The van der Waals surface area contributed by atoms with Crippen LogP contribution in [0, 0.1) is 5.82 Å². The maximum absolute atomic E-state index is 14.0. The van der Waals surface area contributed by atoms with Gasteiger partial charge in [0.1, 0.15) is 5.82 Å². The van der Waals surface area contributed by atoms with Crippen molar-refractivity contribution in [3.8, 4) is 0 Å². The largest absolute Gasteiger partial charge is 0.320 e. The Morgan fingerprint density at radius 1 is 1.05 bits per heavy atom. The van der Waals surface area contributed by atoms with E-state index in [1.54, 1.807) is 24.5 Å². The Morgan fingerprint density at radius 2 is 1.85 bits per heavy atom. The number of hydrogen-bond donors (Lipinski definition) is 1. The molecule has 0 aliphatic carbocycles. The Bertz CT molecular complexity index is 771. The maximum Gasteiger partial charge on any atom is 0.129 e. The van der Waals surface area contributed by atoms with Gasteiger partial charge in [-0.15, -0.1) is 0 Å². The molecule has 0 aliphatic heterocycles. The second-order valence-electron chi connectivity index (χ2n) is 4.41. The molecular formula is C15H11ClFN3. The Labute approximate surface area is 120 Å². The summed E-state index contributed by atoms with van der Waals surface area (Å²) in [6.45, 7) is 0. The van der Waals surface area contributed by atoms with Crippen molar-refractivity contribution >= 4 is 22.6 Å². The lowest BCUT2D eigenvalue weighted by Gasteiger charge is -2.15. The van der Waals surface area contributed by atoms with E-state index in [2.05, 4.69) is 9.97 Å². The van der Waals surface area contributed by atoms with E-state index in [1.165, 1.54) is 6.07 Å². The molecule has 0 saturated heterocycles. The molecule has 0 bridgehead atoms. The fraction of sp³-hybridized carbons (Fsp3) is 0.0667. The summed E-state index contributed by atoms with van der Waals surface area (Å²) in [6, 6.07) is 9.36. The van der Waals surface area contributed by atoms with E-state index in [4.69, 9.17) is 17.3 Å². The van der Waals surface area contributed by atoms with Crippen molar-refractivity contribution < 1.29 is 4.39 Å². The maximum atomic E-state index is 14.0. The van der Waals surface area contributed by atoms with Crippen molar-refractivity contribution in [2.24, 2.45) is 5.73 Å². The molecule has 20 heavy (non-hydrogen) atoms. The fourth-order valence-electron chi connectivity index (χ4n) is 2.19. The van der Waals surface area contributed by atoms with Crippen LogP contribution < -0.4 is 5.73 Å². The van der Waals surface area contributed by atoms with Crippen molar-refractivity contribution in [2.45, 2.75) is 6.04 Å². The second kappa shape index (κ2) is 5.15. The molecule has 0 aliphatic rings. The topological polar surface area (TPSA) is 51.8 Å². The van der Waals surface area contributed by atoms with Gasteiger partial charge in [0.25, 0.3) is 0 Å². The smallest absolute Gasteiger partial charge is 0.129 e. The third kappa shape index (κ3) is 2.24. The molecule has 3 aromatic rings. The van der Waals surface area contributed by atoms with Crippen LogP contribution in [-0.2, 0) is 0 Å². The summed E-state index contributed by atoms with van der Waals surface area (Å²) < 4.78 is 14.0. The summed E-state index contributed by atoms with van der Waals surface area (Å²) in [7, 11) is 0. The minimum atomic E-state index is -0.618. The zero-order valence-electron chi connectivity index (χ0n) is 10.4. The van der Waals surface area contributed by atoms with Gasteiger partial charge in [0.2, 0.25) is 0 Å². The number of nitrogens with two attached hydrogens (primary N) is 1. The number of rotatable bonds is 2. The van der Waals surface area contributed by atoms with Gasteiger partial charge in [0.05, 0.1) is 17.1 Å². The van der Waals surface area contributed by atoms with Crippen molar-refractivity contribution in [3.05, 3.63) is 70.8 Å². The third-order valence-electron chi connectivity index (χ3n) is 3.16. The highest BCUT2D eigenvalue weighted by Crippen LogP contribution is 2.27. The molecule has 0 saturated carbocycles. The lowest BCUT2D eigenvalue weighted by atomic mass is 9.98. The van der Waals surface area contributed by atoms with Crippen LogP contribution in [0.4, 0.5) is 4.39 Å². The summed E-state index contributed by atoms with van der Waals surface area (Å²) in [6.07, 6.45) is 3.21. The van der Waals surface area contributed by atoms with E-state index in [1.807, 2.05) is 18.2 Å². The van der Waals surface area contributed by atoms with Crippen molar-refractivity contribution in [1.29, 1.82) is 0 Å². The molecule has 3 rings (SSSR count). The van der Waals surface area contributed by atoms with Crippen molar-refractivity contribution in [1.82, 2.24) is 9.97 Å². The van der Waals surface area contributed by atoms with Crippen molar-refractivity contribution in [2.75, 3.05) is 0 Å². The van der Waals surface area contributed by atoms with Gasteiger partial charge in [0, 0.05) is 28.5 Å². The minimum absolute atomic E-state index is 0.344. The first-order valence-electron chi connectivity index (χ1n) is 6.07. The zero-order chi connectivity index (χ0) is 14.1. The molecule has 0 fully saturated rings. The fourth-order valence-corrected chi connectivity index (χ4v) is 2.35. The highest BCUT2D eigenvalue weighted by molar-refractivity contribution is 6.30. The van der Waals surface area contributed by atoms with E-state index in [9.17, 15) is 4.39 Å². The van der Waals surface area contributed by atoms with Crippen LogP contribution in [0.2, 0.25) is 5.02 Å². The highest BCUT2D eigenvalue weighted by atomic mass is 35.5. The lowest BCUT2D eigenvalue weighted by molar-refractivity contribution is 0.600. The molecule has 3 nitrogen and oxygen atoms in total. The van der Waals surface area contributed by atoms with Crippen LogP contribution in [0.5, 0.6) is 0 Å². The number of nitrogens with zero attached hydrogens (tertiary/aromatic N) is 2. The summed E-state index contributed by atoms with van der Waals surface area (Å²) in [5, 5.41) is 0.344. The zero-order valence-corrected chi connectivity index (χ0v) is 11.2. The monoisotopic (exact) mass is 287 g/mol. The molecule has 100 valence electrons. The van der Waals surface area contributed by atoms with Gasteiger partial charge in [-0.1, -0.05) is 29.8 Å². The summed E-state index contributed by atoms with van der Waals surface area (Å²) >= 11 is 5.76. The lowest BCUT2D eigenvalue weighted by Crippen LogP contribution is -2.14. The van der Waals surface area contributed by atoms with Gasteiger partial charge in [-0.25, -0.2) is 4.39 Å². The molecule has 0 amide bonds.